The molecular formula is C9H16. The van der Waals surface area contributed by atoms with Crippen molar-refractivity contribution in [1.82, 2.24) is 0 Å². The number of rotatable bonds is 3. The first kappa shape index (κ1) is 8.48. The molecule has 0 spiro atoms. The highest BCUT2D eigenvalue weighted by molar-refractivity contribution is 4.97. The summed E-state index contributed by atoms with van der Waals surface area (Å²) in [6.45, 7) is 13.9. The highest BCUT2D eigenvalue weighted by atomic mass is 14.2. The fourth-order valence-corrected chi connectivity index (χ4v) is 0.490. The zero-order chi connectivity index (χ0) is 7.49. The van der Waals surface area contributed by atoms with E-state index >= 15 is 0 Å². The second-order valence-corrected chi connectivity index (χ2v) is 3.05. The fraction of sp³-hybridized carbons (Fsp3) is 0.556. The van der Waals surface area contributed by atoms with Gasteiger partial charge in [-0.25, -0.2) is 0 Å². The van der Waals surface area contributed by atoms with E-state index in [0.29, 0.717) is 5.92 Å². The molecule has 0 aromatic heterocycles. The van der Waals surface area contributed by atoms with Crippen LogP contribution in [0.3, 0.4) is 0 Å². The van der Waals surface area contributed by atoms with Crippen molar-refractivity contribution in [3.63, 3.8) is 0 Å². The van der Waals surface area contributed by atoms with E-state index < -0.39 is 0 Å². The minimum atomic E-state index is 0.196. The molecule has 0 aromatic rings. The summed E-state index contributed by atoms with van der Waals surface area (Å²) in [7, 11) is 0. The molecule has 9 heavy (non-hydrogen) atoms. The van der Waals surface area contributed by atoms with Gasteiger partial charge in [0.2, 0.25) is 0 Å². The molecule has 0 heterocycles. The van der Waals surface area contributed by atoms with Gasteiger partial charge in [-0.3, -0.25) is 0 Å². The average Bonchev–Trinajstić information content (AvgIpc) is 1.86. The summed E-state index contributed by atoms with van der Waals surface area (Å²) >= 11 is 0. The molecule has 0 saturated carbocycles. The Kier molecular flexibility index (Phi) is 2.69. The molecule has 0 bridgehead atoms. The molecule has 0 heteroatoms. The van der Waals surface area contributed by atoms with Gasteiger partial charge in [0.15, 0.2) is 0 Å². The van der Waals surface area contributed by atoms with Crippen molar-refractivity contribution >= 4 is 0 Å². The van der Waals surface area contributed by atoms with Gasteiger partial charge in [0.1, 0.15) is 0 Å². The van der Waals surface area contributed by atoms with Crippen LogP contribution >= 0.6 is 0 Å². The summed E-state index contributed by atoms with van der Waals surface area (Å²) in [6, 6.07) is 0. The van der Waals surface area contributed by atoms with E-state index in [1.54, 1.807) is 0 Å². The summed E-state index contributed by atoms with van der Waals surface area (Å²) in [5.41, 5.74) is 0.196. The topological polar surface area (TPSA) is 0 Å². The lowest BCUT2D eigenvalue weighted by molar-refractivity contribution is 0.370. The quantitative estimate of drug-likeness (QED) is 0.507. The van der Waals surface area contributed by atoms with E-state index in [4.69, 9.17) is 0 Å². The van der Waals surface area contributed by atoms with E-state index in [2.05, 4.69) is 33.9 Å². The fourth-order valence-electron chi connectivity index (χ4n) is 0.490. The van der Waals surface area contributed by atoms with Gasteiger partial charge >= 0.3 is 0 Å². The van der Waals surface area contributed by atoms with Gasteiger partial charge in [0.25, 0.3) is 0 Å². The zero-order valence-corrected chi connectivity index (χ0v) is 6.65. The third-order valence-electron chi connectivity index (χ3n) is 2.05. The summed E-state index contributed by atoms with van der Waals surface area (Å²) in [5, 5.41) is 0. The maximum absolute atomic E-state index is 3.75. The van der Waals surface area contributed by atoms with E-state index in [1.165, 1.54) is 0 Å². The molecule has 1 atom stereocenters. The Morgan fingerprint density at radius 2 is 1.78 bits per heavy atom. The zero-order valence-electron chi connectivity index (χ0n) is 6.65. The minimum absolute atomic E-state index is 0.196. The second kappa shape index (κ2) is 2.86. The Morgan fingerprint density at radius 3 is 1.89 bits per heavy atom. The summed E-state index contributed by atoms with van der Waals surface area (Å²) in [5.74, 6) is 0.509. The molecule has 0 aliphatic heterocycles. The molecule has 0 aliphatic rings. The van der Waals surface area contributed by atoms with Crippen LogP contribution in [0.5, 0.6) is 0 Å². The molecule has 0 nitrogen and oxygen atoms in total. The van der Waals surface area contributed by atoms with Gasteiger partial charge in [-0.1, -0.05) is 32.9 Å². The maximum atomic E-state index is 3.75. The predicted molar refractivity (Wildman–Crippen MR) is 43.3 cm³/mol. The lowest BCUT2D eigenvalue weighted by Gasteiger charge is -2.24. The first-order valence-electron chi connectivity index (χ1n) is 3.30. The lowest BCUT2D eigenvalue weighted by Crippen LogP contribution is -2.15. The van der Waals surface area contributed by atoms with Crippen LogP contribution in [0.2, 0.25) is 0 Å². The first-order chi connectivity index (χ1) is 4.04. The smallest absolute Gasteiger partial charge is 0.0118 e. The van der Waals surface area contributed by atoms with Crippen LogP contribution in [-0.2, 0) is 0 Å². The highest BCUT2D eigenvalue weighted by Gasteiger charge is 2.18. The van der Waals surface area contributed by atoms with E-state index in [1.807, 2.05) is 12.2 Å². The van der Waals surface area contributed by atoms with E-state index in [-0.39, 0.29) is 5.41 Å². The molecule has 0 radical (unpaired) electrons. The Labute approximate surface area is 58.3 Å². The normalized spacial score (nSPS) is 14.6. The van der Waals surface area contributed by atoms with E-state index in [0.717, 1.165) is 0 Å². The lowest BCUT2D eigenvalue weighted by atomic mass is 9.80. The predicted octanol–water partition coefficient (Wildman–Crippen LogP) is 3.02. The maximum Gasteiger partial charge on any atom is -0.0118 e. The molecule has 0 fully saturated rings. The van der Waals surface area contributed by atoms with Crippen LogP contribution in [0.15, 0.2) is 25.3 Å². The van der Waals surface area contributed by atoms with Crippen LogP contribution in [0.4, 0.5) is 0 Å². The summed E-state index contributed by atoms with van der Waals surface area (Å²) in [4.78, 5) is 0. The van der Waals surface area contributed by atoms with Gasteiger partial charge in [-0.15, -0.1) is 13.2 Å². The van der Waals surface area contributed by atoms with E-state index in [9.17, 15) is 0 Å². The van der Waals surface area contributed by atoms with Crippen molar-refractivity contribution in [3.8, 4) is 0 Å². The average molecular weight is 124 g/mol. The Morgan fingerprint density at radius 1 is 1.33 bits per heavy atom. The standard InChI is InChI=1S/C9H16/c1-6-8(3)9(4,5)7-2/h6-8H,1-2H2,3-5H3. The largest absolute Gasteiger partial charge is 0.103 e. The second-order valence-electron chi connectivity index (χ2n) is 3.05. The summed E-state index contributed by atoms with van der Waals surface area (Å²) in [6.07, 6.45) is 3.93. The Balaban J connectivity index is 4.11. The minimum Gasteiger partial charge on any atom is -0.103 e. The molecule has 0 rings (SSSR count). The summed E-state index contributed by atoms with van der Waals surface area (Å²) < 4.78 is 0. The van der Waals surface area contributed by atoms with Gasteiger partial charge in [-0.05, 0) is 11.3 Å². The Bertz CT molecular complexity index is 109. The molecule has 0 saturated heterocycles. The molecule has 0 N–H and O–H groups in total. The number of allylic oxidation sites excluding steroid dienone is 2. The van der Waals surface area contributed by atoms with Crippen molar-refractivity contribution in [1.29, 1.82) is 0 Å². The molecule has 0 aromatic carbocycles. The molecule has 1 unspecified atom stereocenters. The molecular weight excluding hydrogens is 108 g/mol. The number of hydrogen-bond acceptors (Lipinski definition) is 0. The van der Waals surface area contributed by atoms with Gasteiger partial charge in [0, 0.05) is 0 Å². The van der Waals surface area contributed by atoms with Crippen LogP contribution < -0.4 is 0 Å². The molecule has 0 aliphatic carbocycles. The van der Waals surface area contributed by atoms with Crippen molar-refractivity contribution in [3.05, 3.63) is 25.3 Å². The monoisotopic (exact) mass is 124 g/mol. The third-order valence-corrected chi connectivity index (χ3v) is 2.05. The van der Waals surface area contributed by atoms with Crippen LogP contribution in [0, 0.1) is 11.3 Å². The highest BCUT2D eigenvalue weighted by Crippen LogP contribution is 2.27. The molecule has 0 amide bonds. The Hall–Kier alpha value is -0.520. The van der Waals surface area contributed by atoms with Crippen LogP contribution in [0.25, 0.3) is 0 Å². The first-order valence-corrected chi connectivity index (χ1v) is 3.30. The van der Waals surface area contributed by atoms with Gasteiger partial charge < -0.3 is 0 Å². The van der Waals surface area contributed by atoms with Gasteiger partial charge in [0.05, 0.1) is 0 Å². The van der Waals surface area contributed by atoms with Crippen molar-refractivity contribution in [2.75, 3.05) is 0 Å². The van der Waals surface area contributed by atoms with Gasteiger partial charge in [-0.2, -0.15) is 0 Å². The van der Waals surface area contributed by atoms with Crippen molar-refractivity contribution < 1.29 is 0 Å². The third kappa shape index (κ3) is 2.05. The molecule has 52 valence electrons. The van der Waals surface area contributed by atoms with Crippen LogP contribution in [0.1, 0.15) is 20.8 Å². The van der Waals surface area contributed by atoms with Crippen molar-refractivity contribution in [2.45, 2.75) is 20.8 Å². The number of hydrogen-bond donors (Lipinski definition) is 0. The van der Waals surface area contributed by atoms with Crippen molar-refractivity contribution in [2.24, 2.45) is 11.3 Å². The van der Waals surface area contributed by atoms with Crippen LogP contribution in [-0.4, -0.2) is 0 Å². The SMILES string of the molecule is C=CC(C)C(C)(C)C=C.